The summed E-state index contributed by atoms with van der Waals surface area (Å²) in [6.45, 7) is 0. The molecule has 0 heterocycles. The van der Waals surface area contributed by atoms with E-state index in [0.29, 0.717) is 12.0 Å². The van der Waals surface area contributed by atoms with Gasteiger partial charge in [0, 0.05) is 17.6 Å². The molecule has 2 heteroatoms. The second-order valence-corrected chi connectivity index (χ2v) is 5.66. The number of aryl methyl sites for hydroxylation is 2. The van der Waals surface area contributed by atoms with E-state index in [2.05, 4.69) is 29.6 Å². The summed E-state index contributed by atoms with van der Waals surface area (Å²) in [6, 6.07) is 9.80. The molecule has 1 saturated carbocycles. The van der Waals surface area contributed by atoms with E-state index >= 15 is 0 Å². The highest BCUT2D eigenvalue weighted by molar-refractivity contribution is 5.50. The maximum Gasteiger partial charge on any atom is 0.0655 e. The van der Waals surface area contributed by atoms with Crippen molar-refractivity contribution in [1.82, 2.24) is 0 Å². The minimum atomic E-state index is 0.295. The fourth-order valence-electron chi connectivity index (χ4n) is 3.26. The quantitative estimate of drug-likeness (QED) is 0.856. The summed E-state index contributed by atoms with van der Waals surface area (Å²) in [6.07, 6.45) is 8.18. The topological polar surface area (TPSA) is 35.8 Å². The van der Waals surface area contributed by atoms with Crippen molar-refractivity contribution >= 4 is 5.69 Å². The highest BCUT2D eigenvalue weighted by Crippen LogP contribution is 2.29. The molecule has 0 aromatic heterocycles. The minimum absolute atomic E-state index is 0.295. The Morgan fingerprint density at radius 3 is 2.61 bits per heavy atom. The normalized spacial score (nSPS) is 26.4. The van der Waals surface area contributed by atoms with E-state index in [1.165, 1.54) is 36.1 Å². The van der Waals surface area contributed by atoms with Crippen molar-refractivity contribution in [3.63, 3.8) is 0 Å². The van der Waals surface area contributed by atoms with Gasteiger partial charge in [-0.05, 0) is 68.2 Å². The molecule has 0 amide bonds. The van der Waals surface area contributed by atoms with Crippen LogP contribution < -0.4 is 5.32 Å². The Kier molecular flexibility index (Phi) is 3.23. The van der Waals surface area contributed by atoms with Gasteiger partial charge in [0.15, 0.2) is 0 Å². The molecule has 94 valence electrons. The summed E-state index contributed by atoms with van der Waals surface area (Å²) in [5, 5.41) is 12.5. The first kappa shape index (κ1) is 11.6. The standard InChI is InChI=1S/C16H20N2/c17-11-12-4-7-15(8-5-12)18-16-9-6-13-2-1-3-14(13)10-16/h6,9-10,12,15,18H,1-5,7-8H2. The summed E-state index contributed by atoms with van der Waals surface area (Å²) in [5.41, 5.74) is 4.34. The van der Waals surface area contributed by atoms with Gasteiger partial charge in [0.25, 0.3) is 0 Å². The molecule has 3 rings (SSSR count). The molecule has 1 aromatic carbocycles. The Morgan fingerprint density at radius 2 is 1.83 bits per heavy atom. The van der Waals surface area contributed by atoms with E-state index in [4.69, 9.17) is 5.26 Å². The fourth-order valence-corrected chi connectivity index (χ4v) is 3.26. The van der Waals surface area contributed by atoms with E-state index < -0.39 is 0 Å². The van der Waals surface area contributed by atoms with Crippen molar-refractivity contribution in [3.05, 3.63) is 29.3 Å². The first-order valence-electron chi connectivity index (χ1n) is 7.13. The number of nitriles is 1. The number of hydrogen-bond donors (Lipinski definition) is 1. The first-order chi connectivity index (χ1) is 8.85. The van der Waals surface area contributed by atoms with Crippen LogP contribution in [0, 0.1) is 17.2 Å². The van der Waals surface area contributed by atoms with Crippen LogP contribution in [0.1, 0.15) is 43.2 Å². The molecule has 0 unspecified atom stereocenters. The van der Waals surface area contributed by atoms with E-state index in [1.54, 1.807) is 0 Å². The van der Waals surface area contributed by atoms with Gasteiger partial charge in [-0.1, -0.05) is 6.07 Å². The number of nitrogens with zero attached hydrogens (tertiary/aromatic N) is 1. The summed E-state index contributed by atoms with van der Waals surface area (Å²) in [4.78, 5) is 0. The number of nitrogens with one attached hydrogen (secondary N) is 1. The zero-order valence-corrected chi connectivity index (χ0v) is 10.8. The molecule has 0 saturated heterocycles. The van der Waals surface area contributed by atoms with Gasteiger partial charge in [-0.15, -0.1) is 0 Å². The van der Waals surface area contributed by atoms with E-state index in [0.717, 1.165) is 25.7 Å². The number of fused-ring (bicyclic) bond motifs is 1. The van der Waals surface area contributed by atoms with Crippen molar-refractivity contribution in [3.8, 4) is 6.07 Å². The third kappa shape index (κ3) is 2.36. The van der Waals surface area contributed by atoms with Crippen LogP contribution in [-0.2, 0) is 12.8 Å². The highest BCUT2D eigenvalue weighted by atomic mass is 14.9. The number of anilines is 1. The van der Waals surface area contributed by atoms with Crippen molar-refractivity contribution in [1.29, 1.82) is 5.26 Å². The molecule has 0 bridgehead atoms. The van der Waals surface area contributed by atoms with Gasteiger partial charge in [0.2, 0.25) is 0 Å². The lowest BCUT2D eigenvalue weighted by Crippen LogP contribution is -2.25. The lowest BCUT2D eigenvalue weighted by atomic mass is 9.87. The van der Waals surface area contributed by atoms with Gasteiger partial charge in [0.1, 0.15) is 0 Å². The molecule has 2 aliphatic carbocycles. The van der Waals surface area contributed by atoms with E-state index in [1.807, 2.05) is 0 Å². The molecule has 2 aliphatic rings. The van der Waals surface area contributed by atoms with Gasteiger partial charge in [-0.3, -0.25) is 0 Å². The van der Waals surface area contributed by atoms with E-state index in [9.17, 15) is 0 Å². The molecule has 18 heavy (non-hydrogen) atoms. The zero-order valence-electron chi connectivity index (χ0n) is 10.8. The number of hydrogen-bond acceptors (Lipinski definition) is 2. The molecule has 0 spiro atoms. The lowest BCUT2D eigenvalue weighted by molar-refractivity contribution is 0.397. The van der Waals surface area contributed by atoms with Gasteiger partial charge < -0.3 is 5.32 Å². The monoisotopic (exact) mass is 240 g/mol. The molecule has 0 aliphatic heterocycles. The van der Waals surface area contributed by atoms with Crippen molar-refractivity contribution < 1.29 is 0 Å². The summed E-state index contributed by atoms with van der Waals surface area (Å²) >= 11 is 0. The lowest BCUT2D eigenvalue weighted by Gasteiger charge is -2.26. The fraction of sp³-hybridized carbons (Fsp3) is 0.562. The van der Waals surface area contributed by atoms with Crippen LogP contribution in [0.25, 0.3) is 0 Å². The van der Waals surface area contributed by atoms with Gasteiger partial charge in [-0.2, -0.15) is 5.26 Å². The van der Waals surface area contributed by atoms with Crippen LogP contribution in [0.3, 0.4) is 0 Å². The smallest absolute Gasteiger partial charge is 0.0655 e. The maximum absolute atomic E-state index is 8.90. The van der Waals surface area contributed by atoms with Gasteiger partial charge >= 0.3 is 0 Å². The Morgan fingerprint density at radius 1 is 1.06 bits per heavy atom. The Labute approximate surface area is 109 Å². The largest absolute Gasteiger partial charge is 0.382 e. The van der Waals surface area contributed by atoms with Crippen LogP contribution in [0.2, 0.25) is 0 Å². The van der Waals surface area contributed by atoms with Crippen molar-refractivity contribution in [2.24, 2.45) is 5.92 Å². The Bertz CT molecular complexity index is 464. The van der Waals surface area contributed by atoms with Gasteiger partial charge in [0.05, 0.1) is 6.07 Å². The van der Waals surface area contributed by atoms with Crippen LogP contribution in [0.15, 0.2) is 18.2 Å². The average Bonchev–Trinajstić information content (AvgIpc) is 2.87. The number of rotatable bonds is 2. The summed E-state index contributed by atoms with van der Waals surface area (Å²) in [7, 11) is 0. The highest BCUT2D eigenvalue weighted by Gasteiger charge is 2.21. The molecule has 0 radical (unpaired) electrons. The second-order valence-electron chi connectivity index (χ2n) is 5.66. The van der Waals surface area contributed by atoms with Gasteiger partial charge in [-0.25, -0.2) is 0 Å². The van der Waals surface area contributed by atoms with Crippen LogP contribution in [0.5, 0.6) is 0 Å². The molecule has 1 fully saturated rings. The molecular weight excluding hydrogens is 220 g/mol. The molecular formula is C16H20N2. The second kappa shape index (κ2) is 5.02. The molecule has 1 aromatic rings. The predicted molar refractivity (Wildman–Crippen MR) is 73.4 cm³/mol. The van der Waals surface area contributed by atoms with Crippen LogP contribution >= 0.6 is 0 Å². The SMILES string of the molecule is N#CC1CCC(Nc2ccc3c(c2)CCC3)CC1. The summed E-state index contributed by atoms with van der Waals surface area (Å²) in [5.74, 6) is 0.295. The van der Waals surface area contributed by atoms with Crippen molar-refractivity contribution in [2.75, 3.05) is 5.32 Å². The third-order valence-electron chi connectivity index (χ3n) is 4.38. The average molecular weight is 240 g/mol. The Hall–Kier alpha value is -1.49. The zero-order chi connectivity index (χ0) is 12.4. The molecule has 0 atom stereocenters. The minimum Gasteiger partial charge on any atom is -0.382 e. The number of benzene rings is 1. The first-order valence-corrected chi connectivity index (χ1v) is 7.13. The molecule has 1 N–H and O–H groups in total. The van der Waals surface area contributed by atoms with E-state index in [-0.39, 0.29) is 0 Å². The predicted octanol–water partition coefficient (Wildman–Crippen LogP) is 3.67. The Balaban J connectivity index is 1.62. The third-order valence-corrected chi connectivity index (χ3v) is 4.38. The van der Waals surface area contributed by atoms with Crippen LogP contribution in [0.4, 0.5) is 5.69 Å². The molecule has 2 nitrogen and oxygen atoms in total. The van der Waals surface area contributed by atoms with Crippen molar-refractivity contribution in [2.45, 2.75) is 51.0 Å². The maximum atomic E-state index is 8.90. The summed E-state index contributed by atoms with van der Waals surface area (Å²) < 4.78 is 0. The van der Waals surface area contributed by atoms with Crippen LogP contribution in [-0.4, -0.2) is 6.04 Å².